The molecular formula is C11H21N3OS. The number of nitrogens with zero attached hydrogens (tertiary/aromatic N) is 1. The minimum absolute atomic E-state index is 0.0934. The van der Waals surface area contributed by atoms with Crippen LogP contribution in [0.4, 0.5) is 4.79 Å². The minimum atomic E-state index is 0.0934. The highest BCUT2D eigenvalue weighted by Gasteiger charge is 2.18. The van der Waals surface area contributed by atoms with Crippen LogP contribution in [-0.4, -0.2) is 55.2 Å². The van der Waals surface area contributed by atoms with Gasteiger partial charge in [-0.15, -0.1) is 0 Å². The van der Waals surface area contributed by atoms with E-state index in [9.17, 15) is 4.79 Å². The van der Waals surface area contributed by atoms with Crippen LogP contribution < -0.4 is 10.6 Å². The van der Waals surface area contributed by atoms with Crippen molar-refractivity contribution in [1.82, 2.24) is 15.5 Å². The molecule has 0 aliphatic carbocycles. The second-order valence-corrected chi connectivity index (χ2v) is 5.70. The molecule has 0 saturated carbocycles. The highest BCUT2D eigenvalue weighted by atomic mass is 32.2. The molecular weight excluding hydrogens is 222 g/mol. The van der Waals surface area contributed by atoms with Crippen LogP contribution >= 0.6 is 11.8 Å². The Balaban J connectivity index is 1.52. The van der Waals surface area contributed by atoms with Gasteiger partial charge in [0.05, 0.1) is 0 Å². The molecule has 2 fully saturated rings. The van der Waals surface area contributed by atoms with E-state index in [2.05, 4.69) is 22.4 Å². The van der Waals surface area contributed by atoms with Crippen LogP contribution in [0.2, 0.25) is 0 Å². The third kappa shape index (κ3) is 3.56. The van der Waals surface area contributed by atoms with E-state index in [1.807, 2.05) is 4.90 Å². The van der Waals surface area contributed by atoms with Gasteiger partial charge in [0, 0.05) is 26.2 Å². The van der Waals surface area contributed by atoms with E-state index in [4.69, 9.17) is 0 Å². The Bertz CT molecular complexity index is 231. The van der Waals surface area contributed by atoms with E-state index in [0.29, 0.717) is 0 Å². The van der Waals surface area contributed by atoms with Crippen molar-refractivity contribution in [2.45, 2.75) is 12.8 Å². The van der Waals surface area contributed by atoms with E-state index in [-0.39, 0.29) is 6.03 Å². The van der Waals surface area contributed by atoms with Crippen LogP contribution in [0.25, 0.3) is 0 Å². The van der Waals surface area contributed by atoms with Gasteiger partial charge in [-0.3, -0.25) is 0 Å². The molecule has 0 bridgehead atoms. The van der Waals surface area contributed by atoms with Crippen molar-refractivity contribution < 1.29 is 4.79 Å². The van der Waals surface area contributed by atoms with E-state index >= 15 is 0 Å². The van der Waals surface area contributed by atoms with Gasteiger partial charge in [0.1, 0.15) is 0 Å². The number of thioether (sulfide) groups is 1. The number of rotatable bonds is 5. The molecule has 16 heavy (non-hydrogen) atoms. The van der Waals surface area contributed by atoms with Crippen LogP contribution in [0.15, 0.2) is 0 Å². The van der Waals surface area contributed by atoms with Gasteiger partial charge in [0.25, 0.3) is 0 Å². The summed E-state index contributed by atoms with van der Waals surface area (Å²) in [6.07, 6.45) is 2.70. The zero-order valence-corrected chi connectivity index (χ0v) is 10.5. The van der Waals surface area contributed by atoms with Crippen molar-refractivity contribution >= 4 is 17.8 Å². The van der Waals surface area contributed by atoms with E-state index in [1.165, 1.54) is 24.3 Å². The Kier molecular flexibility index (Phi) is 4.78. The summed E-state index contributed by atoms with van der Waals surface area (Å²) in [7, 11) is 0. The van der Waals surface area contributed by atoms with Crippen molar-refractivity contribution in [2.24, 2.45) is 5.92 Å². The molecule has 5 heteroatoms. The predicted molar refractivity (Wildman–Crippen MR) is 67.9 cm³/mol. The monoisotopic (exact) mass is 243 g/mol. The first-order valence-corrected chi connectivity index (χ1v) is 7.33. The maximum Gasteiger partial charge on any atom is 0.317 e. The van der Waals surface area contributed by atoms with Crippen LogP contribution in [-0.2, 0) is 0 Å². The number of carbonyl (C=O) groups excluding carboxylic acids is 1. The number of amides is 2. The third-order valence-corrected chi connectivity index (χ3v) is 4.33. The van der Waals surface area contributed by atoms with Crippen molar-refractivity contribution in [2.75, 3.05) is 44.2 Å². The molecule has 2 saturated heterocycles. The Morgan fingerprint density at radius 1 is 1.44 bits per heavy atom. The molecule has 0 aromatic carbocycles. The minimum Gasteiger partial charge on any atom is -0.336 e. The average Bonchev–Trinajstić information content (AvgIpc) is 2.72. The predicted octanol–water partition coefficient (Wildman–Crippen LogP) is 0.744. The zero-order valence-electron chi connectivity index (χ0n) is 9.71. The van der Waals surface area contributed by atoms with Gasteiger partial charge in [-0.05, 0) is 36.8 Å². The normalized spacial score (nSPS) is 22.5. The fourth-order valence-corrected chi connectivity index (χ4v) is 3.40. The zero-order chi connectivity index (χ0) is 11.2. The van der Waals surface area contributed by atoms with Crippen LogP contribution in [0.3, 0.4) is 0 Å². The van der Waals surface area contributed by atoms with Gasteiger partial charge >= 0.3 is 6.03 Å². The molecule has 2 amide bonds. The lowest BCUT2D eigenvalue weighted by atomic mass is 10.0. The fourth-order valence-electron chi connectivity index (χ4n) is 2.20. The quantitative estimate of drug-likeness (QED) is 0.700. The van der Waals surface area contributed by atoms with E-state index in [0.717, 1.165) is 38.6 Å². The van der Waals surface area contributed by atoms with Gasteiger partial charge in [0.2, 0.25) is 0 Å². The molecule has 0 aromatic rings. The Hall–Kier alpha value is -0.420. The van der Waals surface area contributed by atoms with Crippen LogP contribution in [0, 0.1) is 5.92 Å². The Morgan fingerprint density at radius 2 is 2.25 bits per heavy atom. The summed E-state index contributed by atoms with van der Waals surface area (Å²) in [6, 6.07) is 0.0934. The molecule has 2 aliphatic rings. The average molecular weight is 243 g/mol. The molecule has 0 spiro atoms. The lowest BCUT2D eigenvalue weighted by molar-refractivity contribution is 0.217. The maximum atomic E-state index is 11.3. The summed E-state index contributed by atoms with van der Waals surface area (Å²) in [5, 5.41) is 6.29. The van der Waals surface area contributed by atoms with Gasteiger partial charge < -0.3 is 15.5 Å². The largest absolute Gasteiger partial charge is 0.336 e. The second-order valence-electron chi connectivity index (χ2n) is 4.48. The molecule has 0 aromatic heterocycles. The highest BCUT2D eigenvalue weighted by Crippen LogP contribution is 2.21. The van der Waals surface area contributed by atoms with E-state index in [1.54, 1.807) is 0 Å². The topological polar surface area (TPSA) is 44.4 Å². The van der Waals surface area contributed by atoms with Gasteiger partial charge in [-0.2, -0.15) is 11.8 Å². The molecule has 0 radical (unpaired) electrons. The molecule has 92 valence electrons. The highest BCUT2D eigenvalue weighted by molar-refractivity contribution is 7.99. The first-order chi connectivity index (χ1) is 7.86. The van der Waals surface area contributed by atoms with E-state index < -0.39 is 0 Å². The lowest BCUT2D eigenvalue weighted by Gasteiger charge is -2.22. The lowest BCUT2D eigenvalue weighted by Crippen LogP contribution is -2.36. The molecule has 2 aliphatic heterocycles. The number of carbonyl (C=O) groups is 1. The van der Waals surface area contributed by atoms with Gasteiger partial charge in [-0.25, -0.2) is 4.79 Å². The summed E-state index contributed by atoms with van der Waals surface area (Å²) in [6.45, 7) is 4.56. The summed E-state index contributed by atoms with van der Waals surface area (Å²) in [5.41, 5.74) is 0. The fraction of sp³-hybridized carbons (Fsp3) is 0.909. The second kappa shape index (κ2) is 6.35. The Morgan fingerprint density at radius 3 is 2.94 bits per heavy atom. The summed E-state index contributed by atoms with van der Waals surface area (Å²) < 4.78 is 0. The van der Waals surface area contributed by atoms with Gasteiger partial charge in [0.15, 0.2) is 0 Å². The summed E-state index contributed by atoms with van der Waals surface area (Å²) >= 11 is 2.07. The molecule has 2 rings (SSSR count). The van der Waals surface area contributed by atoms with Crippen molar-refractivity contribution in [1.29, 1.82) is 0 Å². The first-order valence-electron chi connectivity index (χ1n) is 6.17. The third-order valence-electron chi connectivity index (χ3n) is 3.28. The summed E-state index contributed by atoms with van der Waals surface area (Å²) in [5.74, 6) is 3.50. The SMILES string of the molecule is O=C1NCCN1CCNCC1CCSCC1. The molecule has 0 atom stereocenters. The standard InChI is InChI=1S/C11H21N3OS/c15-11-13-4-6-14(11)5-3-12-9-10-1-7-16-8-2-10/h10,12H,1-9H2,(H,13,15). The maximum absolute atomic E-state index is 11.3. The number of urea groups is 1. The molecule has 4 nitrogen and oxygen atoms in total. The molecule has 2 heterocycles. The smallest absolute Gasteiger partial charge is 0.317 e. The van der Waals surface area contributed by atoms with Crippen molar-refractivity contribution in [3.8, 4) is 0 Å². The van der Waals surface area contributed by atoms with Crippen molar-refractivity contribution in [3.63, 3.8) is 0 Å². The number of hydrogen-bond acceptors (Lipinski definition) is 3. The number of hydrogen-bond donors (Lipinski definition) is 2. The first kappa shape index (κ1) is 12.0. The van der Waals surface area contributed by atoms with Crippen LogP contribution in [0.5, 0.6) is 0 Å². The Labute approximate surface area is 102 Å². The summed E-state index contributed by atoms with van der Waals surface area (Å²) in [4.78, 5) is 13.1. The van der Waals surface area contributed by atoms with Crippen LogP contribution in [0.1, 0.15) is 12.8 Å². The molecule has 0 unspecified atom stereocenters. The number of nitrogens with one attached hydrogen (secondary N) is 2. The molecule has 2 N–H and O–H groups in total. The van der Waals surface area contributed by atoms with Gasteiger partial charge in [-0.1, -0.05) is 0 Å². The van der Waals surface area contributed by atoms with Crippen molar-refractivity contribution in [3.05, 3.63) is 0 Å².